The summed E-state index contributed by atoms with van der Waals surface area (Å²) in [5.41, 5.74) is 4.22. The number of aryl methyl sites for hydroxylation is 1. The van der Waals surface area contributed by atoms with E-state index < -0.39 is 0 Å². The molecule has 1 aromatic carbocycles. The third-order valence-electron chi connectivity index (χ3n) is 6.53. The summed E-state index contributed by atoms with van der Waals surface area (Å²) in [6.07, 6.45) is 6.71. The maximum Gasteiger partial charge on any atom is 0.151 e. The van der Waals surface area contributed by atoms with Gasteiger partial charge >= 0.3 is 0 Å². The van der Waals surface area contributed by atoms with Crippen LogP contribution in [0.1, 0.15) is 31.4 Å². The molecule has 0 radical (unpaired) electrons. The van der Waals surface area contributed by atoms with Gasteiger partial charge in [-0.2, -0.15) is 0 Å². The van der Waals surface area contributed by atoms with Gasteiger partial charge in [0.25, 0.3) is 0 Å². The SMILES string of the molecule is Cc1ccc(-c2ccc(-c3ccc(N(C)[C@H]4C[C@H]5CC[C@@H](C4)N5)nn3)c(O)c2)cn1. The molecule has 30 heavy (non-hydrogen) atoms. The fourth-order valence-corrected chi connectivity index (χ4v) is 4.75. The monoisotopic (exact) mass is 401 g/mol. The number of phenolic OH excluding ortho intramolecular Hbond substituents is 1. The predicted octanol–water partition coefficient (Wildman–Crippen LogP) is 3.94. The van der Waals surface area contributed by atoms with E-state index in [2.05, 4.69) is 32.4 Å². The molecule has 2 bridgehead atoms. The predicted molar refractivity (Wildman–Crippen MR) is 118 cm³/mol. The van der Waals surface area contributed by atoms with E-state index in [1.165, 1.54) is 12.8 Å². The topological polar surface area (TPSA) is 74.2 Å². The van der Waals surface area contributed by atoms with Crippen LogP contribution in [0.5, 0.6) is 5.75 Å². The quantitative estimate of drug-likeness (QED) is 0.690. The Morgan fingerprint density at radius 3 is 2.37 bits per heavy atom. The zero-order valence-electron chi connectivity index (χ0n) is 17.4. The molecule has 6 nitrogen and oxygen atoms in total. The van der Waals surface area contributed by atoms with Crippen molar-refractivity contribution < 1.29 is 5.11 Å². The summed E-state index contributed by atoms with van der Waals surface area (Å²) in [5.74, 6) is 1.07. The van der Waals surface area contributed by atoms with E-state index in [1.54, 1.807) is 6.07 Å². The summed E-state index contributed by atoms with van der Waals surface area (Å²) >= 11 is 0. The number of piperidine rings is 1. The van der Waals surface area contributed by atoms with Crippen molar-refractivity contribution in [3.63, 3.8) is 0 Å². The molecule has 6 heteroatoms. The van der Waals surface area contributed by atoms with Gasteiger partial charge in [-0.05, 0) is 68.5 Å². The second-order valence-corrected chi connectivity index (χ2v) is 8.57. The lowest BCUT2D eigenvalue weighted by Crippen LogP contribution is -2.47. The van der Waals surface area contributed by atoms with Crippen LogP contribution in [0.2, 0.25) is 0 Å². The number of aromatic nitrogens is 3. The number of nitrogens with one attached hydrogen (secondary N) is 1. The van der Waals surface area contributed by atoms with Gasteiger partial charge in [0.1, 0.15) is 5.75 Å². The second-order valence-electron chi connectivity index (χ2n) is 8.57. The van der Waals surface area contributed by atoms with E-state index >= 15 is 0 Å². The molecule has 2 saturated heterocycles. The molecule has 0 spiro atoms. The number of hydrogen-bond donors (Lipinski definition) is 2. The van der Waals surface area contributed by atoms with Crippen molar-refractivity contribution in [3.05, 3.63) is 54.4 Å². The molecule has 5 rings (SSSR count). The molecule has 154 valence electrons. The van der Waals surface area contributed by atoms with Gasteiger partial charge in [-0.1, -0.05) is 12.1 Å². The van der Waals surface area contributed by atoms with E-state index in [0.717, 1.165) is 35.5 Å². The molecule has 0 unspecified atom stereocenters. The molecule has 2 aliphatic rings. The highest BCUT2D eigenvalue weighted by molar-refractivity contribution is 5.74. The van der Waals surface area contributed by atoms with E-state index in [9.17, 15) is 5.11 Å². The molecule has 0 aliphatic carbocycles. The Bertz CT molecular complexity index is 1020. The van der Waals surface area contributed by atoms with E-state index in [-0.39, 0.29) is 5.75 Å². The van der Waals surface area contributed by atoms with Gasteiger partial charge in [-0.25, -0.2) is 0 Å². The van der Waals surface area contributed by atoms with Crippen molar-refractivity contribution in [2.45, 2.75) is 50.7 Å². The minimum absolute atomic E-state index is 0.193. The molecule has 3 aromatic rings. The van der Waals surface area contributed by atoms with Crippen molar-refractivity contribution >= 4 is 5.82 Å². The summed E-state index contributed by atoms with van der Waals surface area (Å²) in [6.45, 7) is 1.96. The van der Waals surface area contributed by atoms with Crippen molar-refractivity contribution in [3.8, 4) is 28.1 Å². The van der Waals surface area contributed by atoms with Gasteiger partial charge in [0, 0.05) is 48.2 Å². The first-order valence-corrected chi connectivity index (χ1v) is 10.7. The van der Waals surface area contributed by atoms with Gasteiger partial charge in [-0.15, -0.1) is 10.2 Å². The number of nitrogens with zero attached hydrogens (tertiary/aromatic N) is 4. The summed E-state index contributed by atoms with van der Waals surface area (Å²) in [6, 6.07) is 15.3. The van der Waals surface area contributed by atoms with Crippen LogP contribution < -0.4 is 10.2 Å². The summed E-state index contributed by atoms with van der Waals surface area (Å²) in [5, 5.41) is 23.2. The summed E-state index contributed by atoms with van der Waals surface area (Å²) in [7, 11) is 2.11. The van der Waals surface area contributed by atoms with E-state index in [0.29, 0.717) is 29.4 Å². The largest absolute Gasteiger partial charge is 0.507 e. The molecule has 2 aliphatic heterocycles. The standard InChI is InChI=1S/C24H27N5O/c1-15-3-4-17(14-25-15)16-5-8-21(23(30)11-16)22-9-10-24(28-27-22)29(2)20-12-18-6-7-19(13-20)26-18/h3-5,8-11,14,18-20,26,30H,6-7,12-13H2,1-2H3/t18-,19+,20+. The van der Waals surface area contributed by atoms with Crippen LogP contribution in [-0.2, 0) is 0 Å². The van der Waals surface area contributed by atoms with Crippen LogP contribution in [0.15, 0.2) is 48.7 Å². The lowest BCUT2D eigenvalue weighted by Gasteiger charge is -2.36. The minimum Gasteiger partial charge on any atom is -0.507 e. The first kappa shape index (κ1) is 19.0. The number of fused-ring (bicyclic) bond motifs is 2. The number of anilines is 1. The number of phenols is 1. The van der Waals surface area contributed by atoms with Crippen LogP contribution in [-0.4, -0.2) is 45.5 Å². The Kier molecular flexibility index (Phi) is 4.87. The van der Waals surface area contributed by atoms with Gasteiger partial charge in [0.05, 0.1) is 5.69 Å². The van der Waals surface area contributed by atoms with Crippen molar-refractivity contribution in [1.82, 2.24) is 20.5 Å². The average molecular weight is 402 g/mol. The Balaban J connectivity index is 1.34. The summed E-state index contributed by atoms with van der Waals surface area (Å²) in [4.78, 5) is 6.59. The zero-order valence-corrected chi connectivity index (χ0v) is 17.4. The number of pyridine rings is 1. The number of rotatable bonds is 4. The second kappa shape index (κ2) is 7.69. The van der Waals surface area contributed by atoms with Crippen molar-refractivity contribution in [2.24, 2.45) is 0 Å². The lowest BCUT2D eigenvalue weighted by atomic mass is 9.98. The zero-order chi connectivity index (χ0) is 20.7. The highest BCUT2D eigenvalue weighted by Gasteiger charge is 2.35. The third-order valence-corrected chi connectivity index (χ3v) is 6.53. The fraction of sp³-hybridized carbons (Fsp3) is 0.375. The van der Waals surface area contributed by atoms with Crippen LogP contribution in [0.25, 0.3) is 22.4 Å². The molecule has 0 saturated carbocycles. The van der Waals surface area contributed by atoms with Crippen LogP contribution in [0, 0.1) is 6.92 Å². The molecule has 0 amide bonds. The Morgan fingerprint density at radius 2 is 1.73 bits per heavy atom. The minimum atomic E-state index is 0.193. The molecular formula is C24H27N5O. The van der Waals surface area contributed by atoms with Gasteiger partial charge in [0.2, 0.25) is 0 Å². The lowest BCUT2D eigenvalue weighted by molar-refractivity contribution is 0.353. The van der Waals surface area contributed by atoms with Crippen molar-refractivity contribution in [1.29, 1.82) is 0 Å². The molecule has 2 N–H and O–H groups in total. The Hall–Kier alpha value is -2.99. The van der Waals surface area contributed by atoms with Crippen LogP contribution >= 0.6 is 0 Å². The average Bonchev–Trinajstić information content (AvgIpc) is 3.11. The number of benzene rings is 1. The van der Waals surface area contributed by atoms with E-state index in [4.69, 9.17) is 0 Å². The first-order chi connectivity index (χ1) is 14.6. The van der Waals surface area contributed by atoms with E-state index in [1.807, 2.05) is 49.5 Å². The van der Waals surface area contributed by atoms with Gasteiger partial charge in [0.15, 0.2) is 5.82 Å². The highest BCUT2D eigenvalue weighted by atomic mass is 16.3. The number of hydrogen-bond acceptors (Lipinski definition) is 6. The third kappa shape index (κ3) is 3.63. The van der Waals surface area contributed by atoms with Crippen LogP contribution in [0.3, 0.4) is 0 Å². The normalized spacial score (nSPS) is 22.8. The summed E-state index contributed by atoms with van der Waals surface area (Å²) < 4.78 is 0. The maximum absolute atomic E-state index is 10.6. The molecule has 2 fully saturated rings. The number of aromatic hydroxyl groups is 1. The highest BCUT2D eigenvalue weighted by Crippen LogP contribution is 2.34. The Morgan fingerprint density at radius 1 is 0.967 bits per heavy atom. The Labute approximate surface area is 177 Å². The molecular weight excluding hydrogens is 374 g/mol. The van der Waals surface area contributed by atoms with Gasteiger partial charge in [-0.3, -0.25) is 4.98 Å². The molecule has 3 atom stereocenters. The van der Waals surface area contributed by atoms with Gasteiger partial charge < -0.3 is 15.3 Å². The maximum atomic E-state index is 10.6. The van der Waals surface area contributed by atoms with Crippen LogP contribution in [0.4, 0.5) is 5.82 Å². The van der Waals surface area contributed by atoms with Crippen molar-refractivity contribution in [2.75, 3.05) is 11.9 Å². The fourth-order valence-electron chi connectivity index (χ4n) is 4.75. The first-order valence-electron chi connectivity index (χ1n) is 10.7. The molecule has 2 aromatic heterocycles. The molecule has 4 heterocycles. The smallest absolute Gasteiger partial charge is 0.151 e.